The number of ketones is 1. The molecule has 0 N–H and O–H groups in total. The first-order valence-electron chi connectivity index (χ1n) is 10.8. The maximum absolute atomic E-state index is 13.1. The van der Waals surface area contributed by atoms with Gasteiger partial charge in [0.1, 0.15) is 11.4 Å². The maximum atomic E-state index is 13.1. The number of ether oxygens (including phenoxy) is 1. The topological polar surface area (TPSA) is 57.0 Å². The molecule has 0 amide bonds. The number of aryl methyl sites for hydroxylation is 1. The number of aromatic nitrogens is 3. The van der Waals surface area contributed by atoms with E-state index in [4.69, 9.17) is 4.74 Å². The monoisotopic (exact) mass is 491 g/mol. The summed E-state index contributed by atoms with van der Waals surface area (Å²) in [6.45, 7) is 1.66. The molecular formula is C27H23F2N3O2S. The highest BCUT2D eigenvalue weighted by Gasteiger charge is 2.13. The Balaban J connectivity index is 1.47. The van der Waals surface area contributed by atoms with Gasteiger partial charge in [-0.15, -0.1) is 0 Å². The lowest BCUT2D eigenvalue weighted by Gasteiger charge is -2.10. The van der Waals surface area contributed by atoms with E-state index in [1.165, 1.54) is 23.9 Å². The summed E-state index contributed by atoms with van der Waals surface area (Å²) in [5.41, 5.74) is 3.42. The van der Waals surface area contributed by atoms with Crippen LogP contribution >= 0.6 is 11.8 Å². The first kappa shape index (κ1) is 24.3. The van der Waals surface area contributed by atoms with Crippen LogP contribution in [0.4, 0.5) is 8.78 Å². The molecule has 2 aromatic heterocycles. The van der Waals surface area contributed by atoms with E-state index in [1.807, 2.05) is 59.4 Å². The van der Waals surface area contributed by atoms with Crippen molar-refractivity contribution in [3.8, 4) is 11.4 Å². The fourth-order valence-corrected chi connectivity index (χ4v) is 4.36. The van der Waals surface area contributed by atoms with Crippen molar-refractivity contribution in [2.75, 3.05) is 7.11 Å². The Morgan fingerprint density at radius 1 is 1.09 bits per heavy atom. The molecule has 0 aliphatic carbocycles. The summed E-state index contributed by atoms with van der Waals surface area (Å²) in [6, 6.07) is 18.1. The molecule has 0 unspecified atom stereocenters. The molecule has 178 valence electrons. The Morgan fingerprint density at radius 3 is 2.51 bits per heavy atom. The summed E-state index contributed by atoms with van der Waals surface area (Å²) in [6.07, 6.45) is 4.51. The molecule has 0 spiro atoms. The van der Waals surface area contributed by atoms with Gasteiger partial charge in [0.2, 0.25) is 0 Å². The van der Waals surface area contributed by atoms with Gasteiger partial charge in [0.15, 0.2) is 10.9 Å². The third kappa shape index (κ3) is 6.22. The van der Waals surface area contributed by atoms with Crippen molar-refractivity contribution in [1.29, 1.82) is 0 Å². The highest BCUT2D eigenvalue weighted by atomic mass is 32.2. The van der Waals surface area contributed by atoms with Crippen molar-refractivity contribution in [3.05, 3.63) is 107 Å². The minimum Gasteiger partial charge on any atom is -0.496 e. The molecule has 0 atom stereocenters. The van der Waals surface area contributed by atoms with Crippen LogP contribution in [0, 0.1) is 6.92 Å². The highest BCUT2D eigenvalue weighted by molar-refractivity contribution is 7.98. The number of carbonyl (C=O) groups is 1. The molecule has 2 aromatic carbocycles. The molecule has 35 heavy (non-hydrogen) atoms. The number of allylic oxidation sites excluding steroid dienone is 1. The van der Waals surface area contributed by atoms with E-state index in [2.05, 4.69) is 9.97 Å². The summed E-state index contributed by atoms with van der Waals surface area (Å²) in [4.78, 5) is 20.8. The number of nitrogens with zero attached hydrogens (tertiary/aromatic N) is 3. The van der Waals surface area contributed by atoms with E-state index in [1.54, 1.807) is 32.2 Å². The average molecular weight is 492 g/mol. The molecular weight excluding hydrogens is 468 g/mol. The first-order valence-corrected chi connectivity index (χ1v) is 11.8. The van der Waals surface area contributed by atoms with Crippen LogP contribution in [0.15, 0.2) is 84.3 Å². The molecule has 2 heterocycles. The molecule has 4 rings (SSSR count). The van der Waals surface area contributed by atoms with Gasteiger partial charge in [0, 0.05) is 40.7 Å². The SMILES string of the molecule is COc1ccc(/C=C/C(=O)c2ccc(-n3cccc3)cc2)cc1CSc1nc(C)cc(C(F)F)n1. The number of thioether (sulfide) groups is 1. The molecule has 0 saturated carbocycles. The molecule has 4 aromatic rings. The Kier molecular flexibility index (Phi) is 7.72. The van der Waals surface area contributed by atoms with Gasteiger partial charge in [0.25, 0.3) is 6.43 Å². The number of alkyl halides is 2. The molecule has 0 aliphatic heterocycles. The number of halogens is 2. The third-order valence-electron chi connectivity index (χ3n) is 5.22. The molecule has 0 saturated heterocycles. The van der Waals surface area contributed by atoms with E-state index in [0.717, 1.165) is 16.8 Å². The van der Waals surface area contributed by atoms with Crippen LogP contribution in [-0.4, -0.2) is 27.4 Å². The summed E-state index contributed by atoms with van der Waals surface area (Å²) in [5.74, 6) is 0.970. The van der Waals surface area contributed by atoms with Crippen LogP contribution in [0.3, 0.4) is 0 Å². The zero-order valence-corrected chi connectivity index (χ0v) is 20.0. The van der Waals surface area contributed by atoms with Gasteiger partial charge in [-0.05, 0) is 73.2 Å². The second kappa shape index (κ2) is 11.1. The summed E-state index contributed by atoms with van der Waals surface area (Å²) >= 11 is 1.25. The van der Waals surface area contributed by atoms with Gasteiger partial charge < -0.3 is 9.30 Å². The van der Waals surface area contributed by atoms with Crippen molar-refractivity contribution in [1.82, 2.24) is 14.5 Å². The summed E-state index contributed by atoms with van der Waals surface area (Å²) in [5, 5.41) is 0.279. The van der Waals surface area contributed by atoms with E-state index in [0.29, 0.717) is 22.8 Å². The minimum absolute atomic E-state index is 0.108. The van der Waals surface area contributed by atoms with E-state index in [9.17, 15) is 13.6 Å². The van der Waals surface area contributed by atoms with E-state index in [-0.39, 0.29) is 16.6 Å². The van der Waals surface area contributed by atoms with Crippen molar-refractivity contribution in [3.63, 3.8) is 0 Å². The molecule has 8 heteroatoms. The average Bonchev–Trinajstić information content (AvgIpc) is 3.41. The lowest BCUT2D eigenvalue weighted by atomic mass is 10.1. The fourth-order valence-electron chi connectivity index (χ4n) is 3.47. The Hall–Kier alpha value is -3.78. The largest absolute Gasteiger partial charge is 0.496 e. The quantitative estimate of drug-likeness (QED) is 0.113. The lowest BCUT2D eigenvalue weighted by molar-refractivity contribution is 0.104. The second-order valence-electron chi connectivity index (χ2n) is 7.71. The normalized spacial score (nSPS) is 11.3. The lowest BCUT2D eigenvalue weighted by Crippen LogP contribution is -1.98. The number of rotatable bonds is 9. The van der Waals surface area contributed by atoms with Gasteiger partial charge >= 0.3 is 0 Å². The summed E-state index contributed by atoms with van der Waals surface area (Å²) < 4.78 is 33.5. The fraction of sp³-hybridized carbons (Fsp3) is 0.148. The van der Waals surface area contributed by atoms with E-state index >= 15 is 0 Å². The van der Waals surface area contributed by atoms with Crippen LogP contribution < -0.4 is 4.74 Å². The van der Waals surface area contributed by atoms with Crippen LogP contribution in [0.2, 0.25) is 0 Å². The van der Waals surface area contributed by atoms with Gasteiger partial charge in [-0.3, -0.25) is 4.79 Å². The zero-order valence-electron chi connectivity index (χ0n) is 19.2. The maximum Gasteiger partial charge on any atom is 0.280 e. The number of methoxy groups -OCH3 is 1. The third-order valence-corrected chi connectivity index (χ3v) is 6.12. The van der Waals surface area contributed by atoms with Crippen molar-refractivity contribution in [2.45, 2.75) is 24.3 Å². The molecule has 5 nitrogen and oxygen atoms in total. The first-order chi connectivity index (χ1) is 16.9. The molecule has 0 fully saturated rings. The smallest absolute Gasteiger partial charge is 0.280 e. The Bertz CT molecular complexity index is 1340. The highest BCUT2D eigenvalue weighted by Crippen LogP contribution is 2.29. The number of benzene rings is 2. The molecule has 0 radical (unpaired) electrons. The Labute approximate surface area is 206 Å². The van der Waals surface area contributed by atoms with E-state index < -0.39 is 6.43 Å². The number of hydrogen-bond acceptors (Lipinski definition) is 5. The number of hydrogen-bond donors (Lipinski definition) is 0. The second-order valence-corrected chi connectivity index (χ2v) is 8.65. The number of carbonyl (C=O) groups excluding carboxylic acids is 1. The van der Waals surface area contributed by atoms with Crippen LogP contribution in [0.25, 0.3) is 11.8 Å². The van der Waals surface area contributed by atoms with Gasteiger partial charge in [-0.1, -0.05) is 23.9 Å². The van der Waals surface area contributed by atoms with Crippen LogP contribution in [0.5, 0.6) is 5.75 Å². The van der Waals surface area contributed by atoms with Crippen molar-refractivity contribution in [2.24, 2.45) is 0 Å². The standard InChI is InChI=1S/C27H23F2N3O2S/c1-18-15-23(26(28)29)31-27(30-18)35-17-21-16-19(6-12-25(21)34-2)5-11-24(33)20-7-9-22(10-8-20)32-13-3-4-14-32/h3-16,26H,17H2,1-2H3/b11-5+. The van der Waals surface area contributed by atoms with Gasteiger partial charge in [0.05, 0.1) is 7.11 Å². The van der Waals surface area contributed by atoms with Gasteiger partial charge in [-0.25, -0.2) is 18.7 Å². The van der Waals surface area contributed by atoms with Crippen molar-refractivity contribution >= 4 is 23.6 Å². The predicted molar refractivity (Wildman–Crippen MR) is 133 cm³/mol. The minimum atomic E-state index is -2.65. The van der Waals surface area contributed by atoms with Crippen LogP contribution in [0.1, 0.15) is 39.3 Å². The predicted octanol–water partition coefficient (Wildman–Crippen LogP) is 6.71. The Morgan fingerprint density at radius 2 is 1.83 bits per heavy atom. The van der Waals surface area contributed by atoms with Gasteiger partial charge in [-0.2, -0.15) is 0 Å². The zero-order chi connectivity index (χ0) is 24.8. The van der Waals surface area contributed by atoms with Crippen LogP contribution in [-0.2, 0) is 5.75 Å². The van der Waals surface area contributed by atoms with Crippen molar-refractivity contribution < 1.29 is 18.3 Å². The molecule has 0 aliphatic rings. The molecule has 0 bridgehead atoms. The summed E-state index contributed by atoms with van der Waals surface area (Å²) in [7, 11) is 1.57.